The Kier molecular flexibility index (Phi) is 12.1. The number of hydrogen-bond acceptors (Lipinski definition) is 9. The number of phenols is 1. The lowest BCUT2D eigenvalue weighted by Crippen LogP contribution is -2.41. The van der Waals surface area contributed by atoms with Crippen molar-refractivity contribution in [3.63, 3.8) is 0 Å². The fourth-order valence-electron chi connectivity index (χ4n) is 4.92. The molecule has 0 saturated carbocycles. The number of amides is 1. The number of likely N-dealkylation sites (N-methyl/N-ethyl adjacent to an activating group) is 1. The highest BCUT2D eigenvalue weighted by Crippen LogP contribution is 2.45. The Bertz CT molecular complexity index is 1750. The minimum Gasteiger partial charge on any atom is -0.507 e. The maximum Gasteiger partial charge on any atom is 0.407 e. The van der Waals surface area contributed by atoms with Gasteiger partial charge in [-0.2, -0.15) is 0 Å². The first-order valence-corrected chi connectivity index (χ1v) is 17.4. The molecule has 0 radical (unpaired) electrons. The van der Waals surface area contributed by atoms with Crippen molar-refractivity contribution in [1.29, 1.82) is 0 Å². The van der Waals surface area contributed by atoms with Crippen LogP contribution in [0.1, 0.15) is 27.7 Å². The molecule has 0 saturated heterocycles. The minimum absolute atomic E-state index is 0.0173. The average Bonchev–Trinajstić information content (AvgIpc) is 3.01. The molecule has 10 nitrogen and oxygen atoms in total. The summed E-state index contributed by atoms with van der Waals surface area (Å²) in [5.74, 6) is 1.48. The van der Waals surface area contributed by atoms with E-state index in [-0.39, 0.29) is 28.4 Å². The molecule has 11 heteroatoms. The van der Waals surface area contributed by atoms with Gasteiger partial charge in [0.1, 0.15) is 36.2 Å². The molecule has 0 spiro atoms. The van der Waals surface area contributed by atoms with Crippen molar-refractivity contribution in [3.05, 3.63) is 78.9 Å². The molecule has 4 rings (SSSR count). The molecule has 0 unspecified atom stereocenters. The van der Waals surface area contributed by atoms with Gasteiger partial charge in [0.15, 0.2) is 9.84 Å². The van der Waals surface area contributed by atoms with E-state index < -0.39 is 15.9 Å². The number of fused-ring (bicyclic) bond motifs is 1. The van der Waals surface area contributed by atoms with E-state index in [0.29, 0.717) is 55.7 Å². The highest BCUT2D eigenvalue weighted by molar-refractivity contribution is 7.90. The summed E-state index contributed by atoms with van der Waals surface area (Å²) in [5, 5.41) is 15.2. The van der Waals surface area contributed by atoms with Crippen LogP contribution in [-0.2, 0) is 19.3 Å². The molecular weight excluding hydrogens is 620 g/mol. The standard InChI is InChI=1S/C36H44N2O8S/c1-6-38(20-22-43-24-25-45-35(40)37-36(2,3)4)21-23-44-27-15-17-28(18-16-27)46-34-29-11-8-7-10-26(29)14-19-30(34)33-31(39)12-9-13-32(33)47(5,41)42/h7-19,39H,6,20-25H2,1-5H3,(H,37,40). The average molecular weight is 665 g/mol. The van der Waals surface area contributed by atoms with E-state index in [9.17, 15) is 18.3 Å². The lowest BCUT2D eigenvalue weighted by atomic mass is 9.98. The predicted molar refractivity (Wildman–Crippen MR) is 183 cm³/mol. The number of aromatic hydroxyl groups is 1. The Morgan fingerprint density at radius 2 is 1.55 bits per heavy atom. The van der Waals surface area contributed by atoms with E-state index >= 15 is 0 Å². The second-order valence-electron chi connectivity index (χ2n) is 12.1. The van der Waals surface area contributed by atoms with Crippen LogP contribution in [0, 0.1) is 0 Å². The van der Waals surface area contributed by atoms with Crippen LogP contribution < -0.4 is 14.8 Å². The number of hydrogen-bond donors (Lipinski definition) is 2. The van der Waals surface area contributed by atoms with Crippen LogP contribution in [0.15, 0.2) is 83.8 Å². The van der Waals surface area contributed by atoms with Gasteiger partial charge in [-0.05, 0) is 75.2 Å². The second kappa shape index (κ2) is 16.0. The summed E-state index contributed by atoms with van der Waals surface area (Å²) in [6, 6.07) is 23.0. The molecule has 0 atom stereocenters. The number of nitrogens with one attached hydrogen (secondary N) is 1. The number of benzene rings is 4. The van der Waals surface area contributed by atoms with Gasteiger partial charge in [-0.15, -0.1) is 0 Å². The normalized spacial score (nSPS) is 11.9. The summed E-state index contributed by atoms with van der Waals surface area (Å²) in [5.41, 5.74) is 0.310. The third-order valence-electron chi connectivity index (χ3n) is 7.21. The summed E-state index contributed by atoms with van der Waals surface area (Å²) in [6.45, 7) is 11.5. The molecule has 4 aromatic carbocycles. The van der Waals surface area contributed by atoms with Gasteiger partial charge in [0.25, 0.3) is 0 Å². The highest BCUT2D eigenvalue weighted by atomic mass is 32.2. The fourth-order valence-corrected chi connectivity index (χ4v) is 5.83. The van der Waals surface area contributed by atoms with Crippen molar-refractivity contribution < 1.29 is 37.3 Å². The Hall–Kier alpha value is -4.32. The zero-order chi connectivity index (χ0) is 34.0. The van der Waals surface area contributed by atoms with Gasteiger partial charge in [-0.3, -0.25) is 4.90 Å². The molecule has 47 heavy (non-hydrogen) atoms. The highest BCUT2D eigenvalue weighted by Gasteiger charge is 2.23. The third-order valence-corrected chi connectivity index (χ3v) is 8.35. The molecule has 0 aliphatic rings. The summed E-state index contributed by atoms with van der Waals surface area (Å²) in [4.78, 5) is 13.9. The van der Waals surface area contributed by atoms with Crippen LogP contribution in [0.3, 0.4) is 0 Å². The van der Waals surface area contributed by atoms with Gasteiger partial charge in [-0.1, -0.05) is 43.3 Å². The van der Waals surface area contributed by atoms with E-state index in [1.165, 1.54) is 18.2 Å². The summed E-state index contributed by atoms with van der Waals surface area (Å²) in [6.07, 6.45) is 0.662. The molecule has 0 aromatic heterocycles. The van der Waals surface area contributed by atoms with Crippen molar-refractivity contribution in [2.45, 2.75) is 38.1 Å². The maximum absolute atomic E-state index is 12.7. The molecule has 0 aliphatic heterocycles. The lowest BCUT2D eigenvalue weighted by Gasteiger charge is -2.21. The van der Waals surface area contributed by atoms with Crippen molar-refractivity contribution in [3.8, 4) is 34.1 Å². The Labute approximate surface area is 277 Å². The largest absolute Gasteiger partial charge is 0.507 e. The van der Waals surface area contributed by atoms with Crippen LogP contribution in [-0.4, -0.2) is 82.4 Å². The van der Waals surface area contributed by atoms with Crippen molar-refractivity contribution in [2.24, 2.45) is 0 Å². The number of carbonyl (C=O) groups excluding carboxylic acids is 1. The number of carbonyl (C=O) groups is 1. The van der Waals surface area contributed by atoms with Crippen LogP contribution in [0.25, 0.3) is 21.9 Å². The van der Waals surface area contributed by atoms with Crippen LogP contribution in [0.5, 0.6) is 23.0 Å². The SMILES string of the molecule is CCN(CCOCCOC(=O)NC(C)(C)C)CCOc1ccc(Oc2c(-c3c(O)cccc3S(C)(=O)=O)ccc3ccccc23)cc1. The first kappa shape index (κ1) is 35.5. The molecular formula is C36H44N2O8S. The van der Waals surface area contributed by atoms with Gasteiger partial charge in [0.2, 0.25) is 0 Å². The van der Waals surface area contributed by atoms with E-state index in [4.69, 9.17) is 18.9 Å². The number of nitrogens with zero attached hydrogens (tertiary/aromatic N) is 1. The number of sulfone groups is 1. The summed E-state index contributed by atoms with van der Waals surface area (Å²) < 4.78 is 48.4. The Morgan fingerprint density at radius 1 is 0.851 bits per heavy atom. The van der Waals surface area contributed by atoms with Gasteiger partial charge in [0.05, 0.1) is 18.1 Å². The quantitative estimate of drug-likeness (QED) is 0.135. The van der Waals surface area contributed by atoms with Crippen LogP contribution in [0.2, 0.25) is 0 Å². The minimum atomic E-state index is -3.65. The van der Waals surface area contributed by atoms with E-state index in [2.05, 4.69) is 17.1 Å². The van der Waals surface area contributed by atoms with Crippen LogP contribution in [0.4, 0.5) is 4.79 Å². The first-order chi connectivity index (χ1) is 22.4. The molecule has 4 aromatic rings. The zero-order valence-corrected chi connectivity index (χ0v) is 28.4. The number of rotatable bonds is 15. The molecule has 0 heterocycles. The second-order valence-corrected chi connectivity index (χ2v) is 14.0. The lowest BCUT2D eigenvalue weighted by molar-refractivity contribution is 0.0571. The van der Waals surface area contributed by atoms with Crippen molar-refractivity contribution in [2.75, 3.05) is 52.3 Å². The van der Waals surface area contributed by atoms with Crippen LogP contribution >= 0.6 is 0 Å². The van der Waals surface area contributed by atoms with Crippen molar-refractivity contribution in [1.82, 2.24) is 10.2 Å². The number of ether oxygens (including phenoxy) is 4. The van der Waals surface area contributed by atoms with Gasteiger partial charge in [0, 0.05) is 41.4 Å². The topological polar surface area (TPSA) is 124 Å². The molecule has 0 fully saturated rings. The Morgan fingerprint density at radius 3 is 2.26 bits per heavy atom. The van der Waals surface area contributed by atoms with Gasteiger partial charge < -0.3 is 29.4 Å². The maximum atomic E-state index is 12.7. The zero-order valence-electron chi connectivity index (χ0n) is 27.6. The molecule has 252 valence electrons. The van der Waals surface area contributed by atoms with Crippen molar-refractivity contribution >= 4 is 26.7 Å². The monoisotopic (exact) mass is 664 g/mol. The van der Waals surface area contributed by atoms with Gasteiger partial charge >= 0.3 is 6.09 Å². The summed E-state index contributed by atoms with van der Waals surface area (Å²) in [7, 11) is -3.65. The fraction of sp³-hybridized carbons (Fsp3) is 0.361. The number of phenolic OH excluding ortho intramolecular Hbond substituents is 1. The number of alkyl carbamates (subject to hydrolysis) is 1. The van der Waals surface area contributed by atoms with E-state index in [0.717, 1.165) is 23.6 Å². The molecule has 0 bridgehead atoms. The summed E-state index contributed by atoms with van der Waals surface area (Å²) >= 11 is 0. The molecule has 2 N–H and O–H groups in total. The molecule has 1 amide bonds. The van der Waals surface area contributed by atoms with E-state index in [1.807, 2.05) is 63.2 Å². The smallest absolute Gasteiger partial charge is 0.407 e. The first-order valence-electron chi connectivity index (χ1n) is 15.6. The third kappa shape index (κ3) is 10.3. The van der Waals surface area contributed by atoms with E-state index in [1.54, 1.807) is 18.2 Å². The predicted octanol–water partition coefficient (Wildman–Crippen LogP) is 6.65. The Balaban J connectivity index is 1.35. The van der Waals surface area contributed by atoms with Gasteiger partial charge in [-0.25, -0.2) is 13.2 Å². The molecule has 0 aliphatic carbocycles.